The topological polar surface area (TPSA) is 50.4 Å². The second kappa shape index (κ2) is 5.46. The van der Waals surface area contributed by atoms with Gasteiger partial charge in [0.25, 0.3) is 0 Å². The van der Waals surface area contributed by atoms with Gasteiger partial charge in [0.15, 0.2) is 0 Å². The van der Waals surface area contributed by atoms with E-state index in [4.69, 9.17) is 4.74 Å². The fourth-order valence-corrected chi connectivity index (χ4v) is 1.91. The summed E-state index contributed by atoms with van der Waals surface area (Å²) in [5, 5.41) is 6.12. The summed E-state index contributed by atoms with van der Waals surface area (Å²) in [5.74, 6) is 0.000208. The molecular weight excluding hydrogens is 204 g/mol. The molecule has 3 atom stereocenters. The van der Waals surface area contributed by atoms with Crippen molar-refractivity contribution in [3.05, 3.63) is 12.7 Å². The van der Waals surface area contributed by atoms with Crippen molar-refractivity contribution in [3.8, 4) is 0 Å². The van der Waals surface area contributed by atoms with E-state index in [9.17, 15) is 4.79 Å². The molecular formula is C12H22N2O2. The van der Waals surface area contributed by atoms with Crippen LogP contribution in [-0.4, -0.2) is 36.7 Å². The van der Waals surface area contributed by atoms with E-state index in [2.05, 4.69) is 24.1 Å². The summed E-state index contributed by atoms with van der Waals surface area (Å²) in [5.41, 5.74) is -0.106. The molecule has 1 amide bonds. The highest BCUT2D eigenvalue weighted by molar-refractivity contribution is 5.81. The van der Waals surface area contributed by atoms with Crippen molar-refractivity contribution >= 4 is 5.91 Å². The highest BCUT2D eigenvalue weighted by atomic mass is 16.5. The Hall–Kier alpha value is -0.870. The number of rotatable bonds is 5. The Bertz CT molecular complexity index is 268. The van der Waals surface area contributed by atoms with Gasteiger partial charge < -0.3 is 10.1 Å². The maximum atomic E-state index is 11.7. The van der Waals surface area contributed by atoms with Gasteiger partial charge in [-0.3, -0.25) is 10.1 Å². The second-order valence-electron chi connectivity index (χ2n) is 4.58. The Morgan fingerprint density at radius 3 is 2.94 bits per heavy atom. The van der Waals surface area contributed by atoms with Crippen molar-refractivity contribution in [2.45, 2.75) is 44.9 Å². The van der Waals surface area contributed by atoms with Crippen molar-refractivity contribution < 1.29 is 9.53 Å². The molecule has 1 aliphatic heterocycles. The number of carbonyl (C=O) groups is 1. The average Bonchev–Trinajstić information content (AvgIpc) is 2.55. The largest absolute Gasteiger partial charge is 0.377 e. The Morgan fingerprint density at radius 1 is 1.75 bits per heavy atom. The van der Waals surface area contributed by atoms with Gasteiger partial charge in [0.05, 0.1) is 12.1 Å². The van der Waals surface area contributed by atoms with Crippen LogP contribution < -0.4 is 10.6 Å². The number of hydrogen-bond donors (Lipinski definition) is 2. The third kappa shape index (κ3) is 3.06. The molecule has 0 saturated carbocycles. The number of carbonyl (C=O) groups excluding carboxylic acids is 1. The minimum absolute atomic E-state index is 0.000208. The van der Waals surface area contributed by atoms with E-state index in [1.165, 1.54) is 0 Å². The molecule has 0 aromatic heterocycles. The predicted molar refractivity (Wildman–Crippen MR) is 64.2 cm³/mol. The SMILES string of the molecule is C=CCNC(=O)C(C)NC1(C)CCOC1C. The summed E-state index contributed by atoms with van der Waals surface area (Å²) in [7, 11) is 0. The average molecular weight is 226 g/mol. The van der Waals surface area contributed by atoms with Crippen LogP contribution in [0.15, 0.2) is 12.7 Å². The van der Waals surface area contributed by atoms with Gasteiger partial charge in [0.1, 0.15) is 0 Å². The van der Waals surface area contributed by atoms with Gasteiger partial charge in [-0.2, -0.15) is 0 Å². The zero-order chi connectivity index (χ0) is 12.2. The molecule has 0 aliphatic carbocycles. The van der Waals surface area contributed by atoms with Gasteiger partial charge in [-0.15, -0.1) is 6.58 Å². The molecule has 0 aromatic carbocycles. The molecule has 0 radical (unpaired) electrons. The molecule has 1 rings (SSSR count). The van der Waals surface area contributed by atoms with Crippen molar-refractivity contribution in [1.29, 1.82) is 0 Å². The molecule has 16 heavy (non-hydrogen) atoms. The first-order valence-corrected chi connectivity index (χ1v) is 5.77. The molecule has 4 nitrogen and oxygen atoms in total. The van der Waals surface area contributed by atoms with E-state index in [1.54, 1.807) is 6.08 Å². The van der Waals surface area contributed by atoms with Crippen LogP contribution in [0, 0.1) is 0 Å². The summed E-state index contributed by atoms with van der Waals surface area (Å²) in [6.45, 7) is 10.8. The summed E-state index contributed by atoms with van der Waals surface area (Å²) in [6, 6.07) is -0.214. The Kier molecular flexibility index (Phi) is 4.50. The van der Waals surface area contributed by atoms with Crippen LogP contribution in [0.5, 0.6) is 0 Å². The first-order chi connectivity index (χ1) is 7.49. The van der Waals surface area contributed by atoms with E-state index in [-0.39, 0.29) is 23.6 Å². The van der Waals surface area contributed by atoms with E-state index in [0.29, 0.717) is 6.54 Å². The molecule has 0 bridgehead atoms. The van der Waals surface area contributed by atoms with E-state index < -0.39 is 0 Å². The quantitative estimate of drug-likeness (QED) is 0.683. The predicted octanol–water partition coefficient (Wildman–Crippen LogP) is 0.834. The van der Waals surface area contributed by atoms with Gasteiger partial charge in [0, 0.05) is 18.7 Å². The molecule has 1 heterocycles. The van der Waals surface area contributed by atoms with Crippen LogP contribution in [0.3, 0.4) is 0 Å². The van der Waals surface area contributed by atoms with Crippen molar-refractivity contribution in [3.63, 3.8) is 0 Å². The third-order valence-corrected chi connectivity index (χ3v) is 3.25. The van der Waals surface area contributed by atoms with Crippen LogP contribution in [0.1, 0.15) is 27.2 Å². The zero-order valence-electron chi connectivity index (χ0n) is 10.4. The second-order valence-corrected chi connectivity index (χ2v) is 4.58. The number of nitrogens with one attached hydrogen (secondary N) is 2. The molecule has 2 N–H and O–H groups in total. The molecule has 0 spiro atoms. The van der Waals surface area contributed by atoms with Crippen LogP contribution >= 0.6 is 0 Å². The lowest BCUT2D eigenvalue weighted by Crippen LogP contribution is -2.56. The number of ether oxygens (including phenoxy) is 1. The lowest BCUT2D eigenvalue weighted by atomic mass is 9.93. The Balaban J connectivity index is 2.46. The molecule has 1 aliphatic rings. The molecule has 0 aromatic rings. The summed E-state index contributed by atoms with van der Waals surface area (Å²) in [4.78, 5) is 11.7. The van der Waals surface area contributed by atoms with Gasteiger partial charge in [-0.1, -0.05) is 6.08 Å². The first kappa shape index (κ1) is 13.2. The van der Waals surface area contributed by atoms with Crippen LogP contribution in [0.25, 0.3) is 0 Å². The lowest BCUT2D eigenvalue weighted by molar-refractivity contribution is -0.123. The van der Waals surface area contributed by atoms with E-state index >= 15 is 0 Å². The first-order valence-electron chi connectivity index (χ1n) is 5.77. The minimum Gasteiger partial charge on any atom is -0.377 e. The number of hydrogen-bond acceptors (Lipinski definition) is 3. The fourth-order valence-electron chi connectivity index (χ4n) is 1.91. The maximum absolute atomic E-state index is 11.7. The van der Waals surface area contributed by atoms with Crippen LogP contribution in [0.4, 0.5) is 0 Å². The summed E-state index contributed by atoms with van der Waals surface area (Å²) >= 11 is 0. The van der Waals surface area contributed by atoms with E-state index in [0.717, 1.165) is 13.0 Å². The highest BCUT2D eigenvalue weighted by Gasteiger charge is 2.38. The standard InChI is InChI=1S/C12H22N2O2/c1-5-7-13-11(15)9(2)14-12(4)6-8-16-10(12)3/h5,9-10,14H,1,6-8H2,2-4H3,(H,13,15). The third-order valence-electron chi connectivity index (χ3n) is 3.25. The zero-order valence-corrected chi connectivity index (χ0v) is 10.4. The lowest BCUT2D eigenvalue weighted by Gasteiger charge is -2.32. The van der Waals surface area contributed by atoms with Crippen LogP contribution in [-0.2, 0) is 9.53 Å². The van der Waals surface area contributed by atoms with Crippen molar-refractivity contribution in [2.75, 3.05) is 13.2 Å². The van der Waals surface area contributed by atoms with Gasteiger partial charge in [0.2, 0.25) is 5.91 Å². The monoisotopic (exact) mass is 226 g/mol. The van der Waals surface area contributed by atoms with Crippen molar-refractivity contribution in [1.82, 2.24) is 10.6 Å². The smallest absolute Gasteiger partial charge is 0.237 e. The summed E-state index contributed by atoms with van der Waals surface area (Å²) in [6.07, 6.45) is 2.75. The maximum Gasteiger partial charge on any atom is 0.237 e. The van der Waals surface area contributed by atoms with Crippen molar-refractivity contribution in [2.24, 2.45) is 0 Å². The van der Waals surface area contributed by atoms with Crippen LogP contribution in [0.2, 0.25) is 0 Å². The Morgan fingerprint density at radius 2 is 2.44 bits per heavy atom. The molecule has 4 heteroatoms. The minimum atomic E-state index is -0.214. The van der Waals surface area contributed by atoms with E-state index in [1.807, 2.05) is 13.8 Å². The normalized spacial score (nSPS) is 31.1. The molecule has 1 saturated heterocycles. The Labute approximate surface area is 97.4 Å². The molecule has 1 fully saturated rings. The molecule has 3 unspecified atom stereocenters. The fraction of sp³-hybridized carbons (Fsp3) is 0.750. The summed E-state index contributed by atoms with van der Waals surface area (Å²) < 4.78 is 5.52. The highest BCUT2D eigenvalue weighted by Crippen LogP contribution is 2.25. The van der Waals surface area contributed by atoms with Gasteiger partial charge in [-0.25, -0.2) is 0 Å². The van der Waals surface area contributed by atoms with Gasteiger partial charge >= 0.3 is 0 Å². The van der Waals surface area contributed by atoms with Gasteiger partial charge in [-0.05, 0) is 27.2 Å². The molecule has 92 valence electrons. The number of amides is 1.